The van der Waals surface area contributed by atoms with Crippen LogP contribution < -0.4 is 5.32 Å². The topological polar surface area (TPSA) is 83.6 Å². The maximum atomic E-state index is 12.3. The van der Waals surface area contributed by atoms with Crippen LogP contribution in [0.2, 0.25) is 0 Å². The molecule has 31 heavy (non-hydrogen) atoms. The number of hydrogen-bond donors (Lipinski definition) is 1. The monoisotopic (exact) mass is 421 g/mol. The summed E-state index contributed by atoms with van der Waals surface area (Å²) >= 11 is 1.58. The Bertz CT molecular complexity index is 1420. The van der Waals surface area contributed by atoms with E-state index in [0.717, 1.165) is 27.2 Å². The number of thiazole rings is 1. The fourth-order valence-corrected chi connectivity index (χ4v) is 4.10. The number of nitrogens with zero attached hydrogens (tertiary/aromatic N) is 4. The number of aromatic nitrogens is 3. The zero-order chi connectivity index (χ0) is 21.2. The van der Waals surface area contributed by atoms with Gasteiger partial charge in [0.05, 0.1) is 11.1 Å². The van der Waals surface area contributed by atoms with Crippen molar-refractivity contribution < 1.29 is 4.79 Å². The lowest BCUT2D eigenvalue weighted by Gasteiger charge is -2.10. The third kappa shape index (κ3) is 3.56. The average Bonchev–Trinajstić information content (AvgIpc) is 3.48. The van der Waals surface area contributed by atoms with Crippen LogP contribution in [-0.2, 0) is 0 Å². The number of pyridine rings is 1. The highest BCUT2D eigenvalue weighted by Crippen LogP contribution is 2.30. The zero-order valence-corrected chi connectivity index (χ0v) is 17.0. The molecule has 0 fully saturated rings. The molecule has 0 bridgehead atoms. The van der Waals surface area contributed by atoms with E-state index in [1.165, 1.54) is 6.20 Å². The van der Waals surface area contributed by atoms with E-state index < -0.39 is 0 Å². The Labute approximate surface area is 182 Å². The minimum absolute atomic E-state index is 0.223. The SMILES string of the molecule is N#Cc1cc2cc(-c3nccs3)ccc2n1-c1ccc(NC(=O)c2cccnc2)cc1. The maximum absolute atomic E-state index is 12.3. The van der Waals surface area contributed by atoms with Crippen LogP contribution in [-0.4, -0.2) is 20.4 Å². The fourth-order valence-electron chi connectivity index (χ4n) is 3.47. The van der Waals surface area contributed by atoms with Crippen LogP contribution in [0.25, 0.3) is 27.2 Å². The number of fused-ring (bicyclic) bond motifs is 1. The minimum Gasteiger partial charge on any atom is -0.322 e. The Morgan fingerprint density at radius 3 is 2.65 bits per heavy atom. The molecule has 0 aliphatic carbocycles. The van der Waals surface area contributed by atoms with Gasteiger partial charge >= 0.3 is 0 Å². The molecule has 5 rings (SSSR count). The van der Waals surface area contributed by atoms with Gasteiger partial charge in [-0.3, -0.25) is 9.78 Å². The van der Waals surface area contributed by atoms with E-state index in [2.05, 4.69) is 21.4 Å². The lowest BCUT2D eigenvalue weighted by molar-refractivity contribution is 0.102. The number of carbonyl (C=O) groups excluding carboxylic acids is 1. The highest BCUT2D eigenvalue weighted by atomic mass is 32.1. The standard InChI is InChI=1S/C24H15N5OS/c25-14-21-13-18-12-16(24-27-10-11-31-24)3-8-22(18)29(21)20-6-4-19(5-7-20)28-23(30)17-2-1-9-26-15-17/h1-13,15H,(H,28,30). The molecular formula is C24H15N5OS. The summed E-state index contributed by atoms with van der Waals surface area (Å²) in [5, 5.41) is 16.4. The average molecular weight is 421 g/mol. The lowest BCUT2D eigenvalue weighted by Crippen LogP contribution is -2.12. The van der Waals surface area contributed by atoms with E-state index in [0.29, 0.717) is 16.9 Å². The van der Waals surface area contributed by atoms with E-state index in [-0.39, 0.29) is 5.91 Å². The molecule has 1 N–H and O–H groups in total. The van der Waals surface area contributed by atoms with Gasteiger partial charge in [-0.2, -0.15) is 5.26 Å². The van der Waals surface area contributed by atoms with E-state index in [9.17, 15) is 10.1 Å². The molecule has 2 aromatic carbocycles. The fraction of sp³-hybridized carbons (Fsp3) is 0. The van der Waals surface area contributed by atoms with Gasteiger partial charge in [0.25, 0.3) is 5.91 Å². The quantitative estimate of drug-likeness (QED) is 0.428. The summed E-state index contributed by atoms with van der Waals surface area (Å²) in [6.07, 6.45) is 4.93. The molecule has 0 unspecified atom stereocenters. The van der Waals surface area contributed by atoms with Gasteiger partial charge < -0.3 is 9.88 Å². The molecule has 3 heterocycles. The number of nitrogens with one attached hydrogen (secondary N) is 1. The molecule has 7 heteroatoms. The van der Waals surface area contributed by atoms with E-state index in [1.54, 1.807) is 35.9 Å². The van der Waals surface area contributed by atoms with Gasteiger partial charge in [0, 0.05) is 46.3 Å². The van der Waals surface area contributed by atoms with Crippen LogP contribution >= 0.6 is 11.3 Å². The smallest absolute Gasteiger partial charge is 0.257 e. The van der Waals surface area contributed by atoms with Crippen LogP contribution in [0.15, 0.2) is 84.6 Å². The van der Waals surface area contributed by atoms with Gasteiger partial charge in [0.2, 0.25) is 0 Å². The number of benzene rings is 2. The molecule has 0 atom stereocenters. The summed E-state index contributed by atoms with van der Waals surface area (Å²) in [6.45, 7) is 0. The second-order valence-corrected chi connectivity index (χ2v) is 7.72. The van der Waals surface area contributed by atoms with Gasteiger partial charge in [-0.15, -0.1) is 11.3 Å². The van der Waals surface area contributed by atoms with Crippen molar-refractivity contribution in [3.8, 4) is 22.3 Å². The minimum atomic E-state index is -0.223. The van der Waals surface area contributed by atoms with Crippen molar-refractivity contribution in [1.29, 1.82) is 5.26 Å². The first-order valence-corrected chi connectivity index (χ1v) is 10.4. The van der Waals surface area contributed by atoms with Crippen LogP contribution in [0, 0.1) is 11.3 Å². The van der Waals surface area contributed by atoms with Gasteiger partial charge in [-0.05, 0) is 60.7 Å². The normalized spacial score (nSPS) is 10.7. The van der Waals surface area contributed by atoms with E-state index in [4.69, 9.17) is 0 Å². The number of nitriles is 1. The van der Waals surface area contributed by atoms with Gasteiger partial charge in [0.1, 0.15) is 16.8 Å². The molecular weight excluding hydrogens is 406 g/mol. The first-order valence-electron chi connectivity index (χ1n) is 9.50. The maximum Gasteiger partial charge on any atom is 0.257 e. The largest absolute Gasteiger partial charge is 0.322 e. The van der Waals surface area contributed by atoms with Crippen molar-refractivity contribution >= 4 is 33.8 Å². The summed E-state index contributed by atoms with van der Waals surface area (Å²) in [4.78, 5) is 20.7. The second kappa shape index (κ2) is 7.86. The molecule has 0 spiro atoms. The summed E-state index contributed by atoms with van der Waals surface area (Å²) in [7, 11) is 0. The molecule has 1 amide bonds. The molecule has 0 saturated heterocycles. The zero-order valence-electron chi connectivity index (χ0n) is 16.2. The van der Waals surface area contributed by atoms with Crippen LogP contribution in [0.1, 0.15) is 16.1 Å². The number of anilines is 1. The predicted octanol–water partition coefficient (Wildman–Crippen LogP) is 5.27. The lowest BCUT2D eigenvalue weighted by atomic mass is 10.1. The molecule has 0 aliphatic rings. The summed E-state index contributed by atoms with van der Waals surface area (Å²) in [6, 6.07) is 21.1. The molecule has 0 radical (unpaired) electrons. The van der Waals surface area contributed by atoms with Crippen molar-refractivity contribution in [1.82, 2.24) is 14.5 Å². The van der Waals surface area contributed by atoms with Crippen LogP contribution in [0.3, 0.4) is 0 Å². The number of rotatable bonds is 4. The van der Waals surface area contributed by atoms with Gasteiger partial charge in [-0.1, -0.05) is 0 Å². The Morgan fingerprint density at radius 2 is 1.94 bits per heavy atom. The van der Waals surface area contributed by atoms with Gasteiger partial charge in [0.15, 0.2) is 0 Å². The van der Waals surface area contributed by atoms with Crippen molar-refractivity contribution in [3.63, 3.8) is 0 Å². The van der Waals surface area contributed by atoms with Gasteiger partial charge in [-0.25, -0.2) is 4.98 Å². The third-order valence-corrected chi connectivity index (χ3v) is 5.72. The number of carbonyl (C=O) groups is 1. The summed E-state index contributed by atoms with van der Waals surface area (Å²) < 4.78 is 1.91. The van der Waals surface area contributed by atoms with Crippen molar-refractivity contribution in [3.05, 3.63) is 95.9 Å². The summed E-state index contributed by atoms with van der Waals surface area (Å²) in [5.74, 6) is -0.223. The summed E-state index contributed by atoms with van der Waals surface area (Å²) in [5.41, 5.74) is 4.50. The Kier molecular flexibility index (Phi) is 4.75. The molecule has 0 saturated carbocycles. The molecule has 0 aliphatic heterocycles. The molecule has 5 aromatic rings. The third-order valence-electron chi connectivity index (χ3n) is 4.90. The first kappa shape index (κ1) is 18.7. The number of amides is 1. The van der Waals surface area contributed by atoms with Crippen molar-refractivity contribution in [2.45, 2.75) is 0 Å². The van der Waals surface area contributed by atoms with Crippen molar-refractivity contribution in [2.24, 2.45) is 0 Å². The van der Waals surface area contributed by atoms with E-state index >= 15 is 0 Å². The molecule has 3 aromatic heterocycles. The Morgan fingerprint density at radius 1 is 1.06 bits per heavy atom. The highest BCUT2D eigenvalue weighted by molar-refractivity contribution is 7.13. The van der Waals surface area contributed by atoms with Crippen LogP contribution in [0.4, 0.5) is 5.69 Å². The van der Waals surface area contributed by atoms with Crippen LogP contribution in [0.5, 0.6) is 0 Å². The Hall–Kier alpha value is -4.28. The predicted molar refractivity (Wildman–Crippen MR) is 121 cm³/mol. The van der Waals surface area contributed by atoms with Crippen molar-refractivity contribution in [2.75, 3.05) is 5.32 Å². The molecule has 6 nitrogen and oxygen atoms in total. The molecule has 148 valence electrons. The highest BCUT2D eigenvalue weighted by Gasteiger charge is 2.13. The second-order valence-electron chi connectivity index (χ2n) is 6.83. The first-order chi connectivity index (χ1) is 15.2. The number of hydrogen-bond acceptors (Lipinski definition) is 5. The Balaban J connectivity index is 1.47. The van der Waals surface area contributed by atoms with E-state index in [1.807, 2.05) is 58.5 Å².